The predicted molar refractivity (Wildman–Crippen MR) is 129 cm³/mol. The Morgan fingerprint density at radius 3 is 2.61 bits per heavy atom. The highest BCUT2D eigenvalue weighted by Gasteiger charge is 2.18. The Labute approximate surface area is 202 Å². The number of rotatable bonds is 7. The number of aromatic nitrogens is 2. The maximum atomic E-state index is 12.8. The minimum atomic E-state index is -0.350. The topological polar surface area (TPSA) is 69.3 Å². The number of hydrogen-bond acceptors (Lipinski definition) is 4. The molecule has 0 fully saturated rings. The molecular formula is C25H23Cl2N3O3. The molecule has 8 heteroatoms. The number of aryl methyl sites for hydroxylation is 2. The Kier molecular flexibility index (Phi) is 6.77. The average molecular weight is 484 g/mol. The van der Waals surface area contributed by atoms with Crippen molar-refractivity contribution in [1.82, 2.24) is 9.78 Å². The van der Waals surface area contributed by atoms with Crippen molar-refractivity contribution in [2.24, 2.45) is 0 Å². The van der Waals surface area contributed by atoms with Crippen LogP contribution in [0.15, 0.2) is 59.0 Å². The summed E-state index contributed by atoms with van der Waals surface area (Å²) in [6, 6.07) is 16.4. The summed E-state index contributed by atoms with van der Waals surface area (Å²) in [6.07, 6.45) is 0. The van der Waals surface area contributed by atoms with Gasteiger partial charge in [-0.25, -0.2) is 0 Å². The smallest absolute Gasteiger partial charge is 0.291 e. The van der Waals surface area contributed by atoms with Gasteiger partial charge in [-0.2, -0.15) is 5.10 Å². The summed E-state index contributed by atoms with van der Waals surface area (Å²) < 4.78 is 13.3. The minimum Gasteiger partial charge on any atom is -0.485 e. The van der Waals surface area contributed by atoms with E-state index < -0.39 is 0 Å². The number of carbonyl (C=O) groups excluding carboxylic acids is 1. The van der Waals surface area contributed by atoms with Gasteiger partial charge in [-0.05, 0) is 74.4 Å². The van der Waals surface area contributed by atoms with Gasteiger partial charge in [-0.3, -0.25) is 9.48 Å². The first kappa shape index (κ1) is 23.0. The highest BCUT2D eigenvalue weighted by molar-refractivity contribution is 6.30. The molecule has 2 aromatic heterocycles. The number of carbonyl (C=O) groups is 1. The molecule has 0 spiro atoms. The van der Waals surface area contributed by atoms with Crippen LogP contribution in [0.1, 0.15) is 38.8 Å². The zero-order valence-corrected chi connectivity index (χ0v) is 20.0. The molecule has 1 amide bonds. The molecule has 2 aromatic carbocycles. The lowest BCUT2D eigenvalue weighted by atomic mass is 10.2. The van der Waals surface area contributed by atoms with Gasteiger partial charge in [-0.1, -0.05) is 35.3 Å². The number of ether oxygens (including phenoxy) is 1. The number of amides is 1. The summed E-state index contributed by atoms with van der Waals surface area (Å²) in [5, 5.41) is 8.80. The van der Waals surface area contributed by atoms with E-state index in [-0.39, 0.29) is 18.3 Å². The quantitative estimate of drug-likeness (QED) is 0.321. The lowest BCUT2D eigenvalue weighted by Gasteiger charge is -2.08. The van der Waals surface area contributed by atoms with Gasteiger partial charge in [-0.15, -0.1) is 0 Å². The van der Waals surface area contributed by atoms with Crippen molar-refractivity contribution in [2.45, 2.75) is 33.9 Å². The molecule has 0 saturated carbocycles. The van der Waals surface area contributed by atoms with Crippen molar-refractivity contribution in [2.75, 3.05) is 5.32 Å². The maximum absolute atomic E-state index is 12.8. The third kappa shape index (κ3) is 5.41. The highest BCUT2D eigenvalue weighted by Crippen LogP contribution is 2.24. The second-order valence-corrected chi connectivity index (χ2v) is 8.62. The largest absolute Gasteiger partial charge is 0.485 e. The Hall–Kier alpha value is -3.22. The van der Waals surface area contributed by atoms with Crippen molar-refractivity contribution < 1.29 is 13.9 Å². The molecule has 6 nitrogen and oxygen atoms in total. The van der Waals surface area contributed by atoms with Crippen LogP contribution in [-0.4, -0.2) is 15.7 Å². The van der Waals surface area contributed by atoms with Crippen LogP contribution >= 0.6 is 23.2 Å². The summed E-state index contributed by atoms with van der Waals surface area (Å²) in [5.41, 5.74) is 4.17. The molecule has 0 atom stereocenters. The molecular weight excluding hydrogens is 461 g/mol. The van der Waals surface area contributed by atoms with Gasteiger partial charge >= 0.3 is 0 Å². The lowest BCUT2D eigenvalue weighted by molar-refractivity contribution is 0.0992. The summed E-state index contributed by atoms with van der Waals surface area (Å²) in [5.74, 6) is 1.10. The molecule has 0 aliphatic heterocycles. The van der Waals surface area contributed by atoms with E-state index in [2.05, 4.69) is 10.4 Å². The maximum Gasteiger partial charge on any atom is 0.291 e. The number of nitrogens with one attached hydrogen (secondary N) is 1. The van der Waals surface area contributed by atoms with E-state index in [1.165, 1.54) is 0 Å². The summed E-state index contributed by atoms with van der Waals surface area (Å²) >= 11 is 12.1. The Morgan fingerprint density at radius 1 is 1.06 bits per heavy atom. The zero-order valence-electron chi connectivity index (χ0n) is 18.5. The summed E-state index contributed by atoms with van der Waals surface area (Å²) in [6.45, 7) is 6.43. The first-order chi connectivity index (χ1) is 15.8. The summed E-state index contributed by atoms with van der Waals surface area (Å²) in [7, 11) is 0. The van der Waals surface area contributed by atoms with Crippen LogP contribution in [0.3, 0.4) is 0 Å². The third-order valence-electron chi connectivity index (χ3n) is 5.23. The fourth-order valence-electron chi connectivity index (χ4n) is 3.52. The fourth-order valence-corrected chi connectivity index (χ4v) is 3.96. The molecule has 0 radical (unpaired) electrons. The lowest BCUT2D eigenvalue weighted by Crippen LogP contribution is -2.12. The molecule has 0 bridgehead atoms. The molecule has 4 rings (SSSR count). The van der Waals surface area contributed by atoms with Gasteiger partial charge in [0, 0.05) is 10.0 Å². The van der Waals surface area contributed by atoms with Gasteiger partial charge in [0.1, 0.15) is 18.1 Å². The van der Waals surface area contributed by atoms with Crippen molar-refractivity contribution in [3.05, 3.63) is 98.7 Å². The molecule has 170 valence electrons. The molecule has 2 heterocycles. The van der Waals surface area contributed by atoms with E-state index in [4.69, 9.17) is 32.4 Å². The number of nitrogens with zero attached hydrogens (tertiary/aromatic N) is 2. The van der Waals surface area contributed by atoms with Crippen LogP contribution in [0.25, 0.3) is 0 Å². The first-order valence-corrected chi connectivity index (χ1v) is 11.1. The van der Waals surface area contributed by atoms with Gasteiger partial charge in [0.25, 0.3) is 5.91 Å². The van der Waals surface area contributed by atoms with Gasteiger partial charge in [0.05, 0.1) is 23.6 Å². The van der Waals surface area contributed by atoms with Crippen molar-refractivity contribution in [1.29, 1.82) is 0 Å². The van der Waals surface area contributed by atoms with Crippen molar-refractivity contribution in [3.8, 4) is 5.75 Å². The predicted octanol–water partition coefficient (Wildman–Crippen LogP) is 6.59. The van der Waals surface area contributed by atoms with Gasteiger partial charge in [0.15, 0.2) is 5.76 Å². The van der Waals surface area contributed by atoms with Crippen LogP contribution < -0.4 is 10.1 Å². The molecule has 0 aliphatic carbocycles. The van der Waals surface area contributed by atoms with E-state index in [1.807, 2.05) is 55.8 Å². The van der Waals surface area contributed by atoms with Crippen molar-refractivity contribution in [3.63, 3.8) is 0 Å². The summed E-state index contributed by atoms with van der Waals surface area (Å²) in [4.78, 5) is 12.8. The van der Waals surface area contributed by atoms with Crippen LogP contribution in [0, 0.1) is 20.8 Å². The van der Waals surface area contributed by atoms with E-state index in [0.717, 1.165) is 22.5 Å². The molecule has 0 saturated heterocycles. The van der Waals surface area contributed by atoms with Crippen LogP contribution in [0.5, 0.6) is 5.75 Å². The van der Waals surface area contributed by atoms with Gasteiger partial charge < -0.3 is 14.5 Å². The highest BCUT2D eigenvalue weighted by atomic mass is 35.5. The third-order valence-corrected chi connectivity index (χ3v) is 5.70. The van der Waals surface area contributed by atoms with Crippen LogP contribution in [0.4, 0.5) is 5.69 Å². The molecule has 4 aromatic rings. The van der Waals surface area contributed by atoms with E-state index >= 15 is 0 Å². The standard InChI is InChI=1S/C25H23Cl2N3O3/c1-15-11-20(27)7-9-22(15)32-14-21-8-10-23(33-21)25(31)28-24-16(2)29-30(17(24)3)13-18-5-4-6-19(26)12-18/h4-12H,13-14H2,1-3H3,(H,28,31). The average Bonchev–Trinajstić information content (AvgIpc) is 3.34. The second kappa shape index (κ2) is 9.73. The SMILES string of the molecule is Cc1cc(Cl)ccc1OCc1ccc(C(=O)Nc2c(C)nn(Cc3cccc(Cl)c3)c2C)o1. The number of halogens is 2. The second-order valence-electron chi connectivity index (χ2n) is 7.75. The first-order valence-electron chi connectivity index (χ1n) is 10.4. The van der Waals surface area contributed by atoms with E-state index in [9.17, 15) is 4.79 Å². The molecule has 0 unspecified atom stereocenters. The number of hydrogen-bond donors (Lipinski definition) is 1. The minimum absolute atomic E-state index is 0.197. The fraction of sp³-hybridized carbons (Fsp3) is 0.200. The monoisotopic (exact) mass is 483 g/mol. The normalized spacial score (nSPS) is 10.9. The van der Waals surface area contributed by atoms with E-state index in [1.54, 1.807) is 24.3 Å². The Morgan fingerprint density at radius 2 is 1.85 bits per heavy atom. The Bertz CT molecular complexity index is 1310. The van der Waals surface area contributed by atoms with Crippen LogP contribution in [-0.2, 0) is 13.2 Å². The van der Waals surface area contributed by atoms with Crippen LogP contribution in [0.2, 0.25) is 10.0 Å². The van der Waals surface area contributed by atoms with Crippen molar-refractivity contribution >= 4 is 34.8 Å². The number of furan rings is 1. The molecule has 1 N–H and O–H groups in total. The van der Waals surface area contributed by atoms with E-state index in [0.29, 0.717) is 33.8 Å². The number of anilines is 1. The molecule has 33 heavy (non-hydrogen) atoms. The number of benzene rings is 2. The molecule has 0 aliphatic rings. The van der Waals surface area contributed by atoms with Gasteiger partial charge in [0.2, 0.25) is 0 Å². The zero-order chi connectivity index (χ0) is 23.5. The Balaban J connectivity index is 1.42.